The second-order valence-electron chi connectivity index (χ2n) is 5.89. The first-order valence-electron chi connectivity index (χ1n) is 7.00. The third kappa shape index (κ3) is 5.79. The molecule has 1 rings (SSSR count). The number of hydrogen-bond acceptors (Lipinski definition) is 3. The first kappa shape index (κ1) is 17.6. The Morgan fingerprint density at radius 2 is 1.81 bits per heavy atom. The Labute approximate surface area is 130 Å². The molecule has 0 bridgehead atoms. The van der Waals surface area contributed by atoms with Gasteiger partial charge in [-0.1, -0.05) is 13.8 Å². The molecule has 21 heavy (non-hydrogen) atoms. The van der Waals surface area contributed by atoms with Crippen LogP contribution in [0.3, 0.4) is 0 Å². The van der Waals surface area contributed by atoms with E-state index in [2.05, 4.69) is 19.2 Å². The van der Waals surface area contributed by atoms with Crippen LogP contribution in [0.1, 0.15) is 44.5 Å². The number of carbonyl (C=O) groups excluding carboxylic acids is 1. The normalized spacial score (nSPS) is 11.5. The summed E-state index contributed by atoms with van der Waals surface area (Å²) in [7, 11) is 0. The predicted octanol–water partition coefficient (Wildman–Crippen LogP) is 3.42. The summed E-state index contributed by atoms with van der Waals surface area (Å²) >= 11 is 1.75. The molecule has 0 heterocycles. The summed E-state index contributed by atoms with van der Waals surface area (Å²) in [5, 5.41) is 12.3. The van der Waals surface area contributed by atoms with Gasteiger partial charge in [0.05, 0.1) is 5.41 Å². The zero-order chi connectivity index (χ0) is 16.0. The zero-order valence-electron chi connectivity index (χ0n) is 13.0. The Morgan fingerprint density at radius 3 is 2.29 bits per heavy atom. The van der Waals surface area contributed by atoms with Crippen molar-refractivity contribution in [1.82, 2.24) is 5.32 Å². The van der Waals surface area contributed by atoms with Gasteiger partial charge in [0, 0.05) is 22.3 Å². The molecule has 0 saturated carbocycles. The van der Waals surface area contributed by atoms with Crippen molar-refractivity contribution in [3.8, 4) is 0 Å². The molecule has 2 N–H and O–H groups in total. The van der Waals surface area contributed by atoms with Crippen molar-refractivity contribution in [1.29, 1.82) is 0 Å². The minimum absolute atomic E-state index is 0.169. The average Bonchev–Trinajstić information content (AvgIpc) is 2.38. The van der Waals surface area contributed by atoms with Crippen LogP contribution in [0.4, 0.5) is 0 Å². The topological polar surface area (TPSA) is 66.4 Å². The molecule has 4 nitrogen and oxygen atoms in total. The van der Waals surface area contributed by atoms with Crippen molar-refractivity contribution < 1.29 is 14.7 Å². The number of carboxylic acid groups (broad SMARTS) is 1. The maximum atomic E-state index is 12.0. The second-order valence-corrected chi connectivity index (χ2v) is 7.54. The number of thioether (sulfide) groups is 1. The van der Waals surface area contributed by atoms with E-state index in [0.29, 0.717) is 23.8 Å². The van der Waals surface area contributed by atoms with Gasteiger partial charge in [0.25, 0.3) is 5.91 Å². The quantitative estimate of drug-likeness (QED) is 0.757. The third-order valence-corrected chi connectivity index (χ3v) is 4.12. The molecular formula is C16H23NO3S. The largest absolute Gasteiger partial charge is 0.481 e. The third-order valence-electron chi connectivity index (χ3n) is 3.10. The minimum atomic E-state index is -0.855. The lowest BCUT2D eigenvalue weighted by Gasteiger charge is -2.18. The van der Waals surface area contributed by atoms with Crippen molar-refractivity contribution in [2.24, 2.45) is 5.41 Å². The van der Waals surface area contributed by atoms with E-state index in [-0.39, 0.29) is 5.91 Å². The fourth-order valence-electron chi connectivity index (χ4n) is 1.65. The maximum absolute atomic E-state index is 12.0. The Morgan fingerprint density at radius 1 is 1.24 bits per heavy atom. The lowest BCUT2D eigenvalue weighted by molar-refractivity contribution is -0.147. The van der Waals surface area contributed by atoms with E-state index in [1.54, 1.807) is 37.7 Å². The molecule has 1 amide bonds. The van der Waals surface area contributed by atoms with Crippen LogP contribution in [0.5, 0.6) is 0 Å². The van der Waals surface area contributed by atoms with E-state index in [0.717, 1.165) is 4.90 Å². The maximum Gasteiger partial charge on any atom is 0.309 e. The summed E-state index contributed by atoms with van der Waals surface area (Å²) < 4.78 is 0. The second kappa shape index (κ2) is 7.50. The highest BCUT2D eigenvalue weighted by atomic mass is 32.2. The van der Waals surface area contributed by atoms with Crippen LogP contribution < -0.4 is 5.32 Å². The van der Waals surface area contributed by atoms with Gasteiger partial charge in [0.2, 0.25) is 0 Å². The van der Waals surface area contributed by atoms with Crippen molar-refractivity contribution in [3.05, 3.63) is 29.8 Å². The number of hydrogen-bond donors (Lipinski definition) is 2. The van der Waals surface area contributed by atoms with Crippen LogP contribution in [0.2, 0.25) is 0 Å². The van der Waals surface area contributed by atoms with Gasteiger partial charge in [-0.05, 0) is 44.5 Å². The fourth-order valence-corrected chi connectivity index (χ4v) is 2.49. The Balaban J connectivity index is 2.51. The van der Waals surface area contributed by atoms with Crippen LogP contribution >= 0.6 is 11.8 Å². The monoisotopic (exact) mass is 309 g/mol. The van der Waals surface area contributed by atoms with Gasteiger partial charge in [-0.15, -0.1) is 11.8 Å². The molecule has 0 saturated heterocycles. The van der Waals surface area contributed by atoms with Gasteiger partial charge in [0.15, 0.2) is 0 Å². The number of benzene rings is 1. The molecule has 1 aromatic rings. The minimum Gasteiger partial charge on any atom is -0.481 e. The van der Waals surface area contributed by atoms with Gasteiger partial charge < -0.3 is 10.4 Å². The summed E-state index contributed by atoms with van der Waals surface area (Å²) in [6, 6.07) is 7.45. The molecule has 0 unspecified atom stereocenters. The lowest BCUT2D eigenvalue weighted by Crippen LogP contribution is -2.31. The van der Waals surface area contributed by atoms with Crippen LogP contribution in [0, 0.1) is 5.41 Å². The van der Waals surface area contributed by atoms with Crippen molar-refractivity contribution in [2.75, 3.05) is 6.54 Å². The Bertz CT molecular complexity index is 495. The van der Waals surface area contributed by atoms with E-state index >= 15 is 0 Å². The predicted molar refractivity (Wildman–Crippen MR) is 85.8 cm³/mol. The molecule has 1 aromatic carbocycles. The summed E-state index contributed by atoms with van der Waals surface area (Å²) in [5.41, 5.74) is -0.235. The molecule has 0 aliphatic heterocycles. The molecular weight excluding hydrogens is 286 g/mol. The molecule has 116 valence electrons. The highest BCUT2D eigenvalue weighted by molar-refractivity contribution is 7.99. The van der Waals surface area contributed by atoms with Crippen LogP contribution in [-0.2, 0) is 4.79 Å². The average molecular weight is 309 g/mol. The van der Waals surface area contributed by atoms with E-state index in [9.17, 15) is 9.59 Å². The highest BCUT2D eigenvalue weighted by Crippen LogP contribution is 2.23. The van der Waals surface area contributed by atoms with Gasteiger partial charge >= 0.3 is 5.97 Å². The number of amides is 1. The van der Waals surface area contributed by atoms with E-state index < -0.39 is 11.4 Å². The van der Waals surface area contributed by atoms with Gasteiger partial charge in [-0.3, -0.25) is 9.59 Å². The van der Waals surface area contributed by atoms with Gasteiger partial charge in [-0.2, -0.15) is 0 Å². The Hall–Kier alpha value is -1.49. The van der Waals surface area contributed by atoms with E-state index in [1.807, 2.05) is 12.1 Å². The zero-order valence-corrected chi connectivity index (χ0v) is 13.8. The fraction of sp³-hybridized carbons (Fsp3) is 0.500. The molecule has 0 aromatic heterocycles. The number of nitrogens with one attached hydrogen (secondary N) is 1. The molecule has 0 aliphatic carbocycles. The smallest absolute Gasteiger partial charge is 0.309 e. The van der Waals surface area contributed by atoms with Crippen LogP contribution in [0.25, 0.3) is 0 Å². The van der Waals surface area contributed by atoms with Crippen LogP contribution in [0.15, 0.2) is 29.2 Å². The highest BCUT2D eigenvalue weighted by Gasteiger charge is 2.26. The summed E-state index contributed by atoms with van der Waals surface area (Å²) in [5.74, 6) is -1.02. The molecule has 0 radical (unpaired) electrons. The van der Waals surface area contributed by atoms with Crippen molar-refractivity contribution in [3.63, 3.8) is 0 Å². The Kier molecular flexibility index (Phi) is 6.27. The summed E-state index contributed by atoms with van der Waals surface area (Å²) in [4.78, 5) is 24.1. The number of carboxylic acids is 1. The first-order chi connectivity index (χ1) is 9.72. The summed E-state index contributed by atoms with van der Waals surface area (Å²) in [6.07, 6.45) is 0.398. The molecule has 0 atom stereocenters. The first-order valence-corrected chi connectivity index (χ1v) is 7.88. The number of carbonyl (C=O) groups is 2. The molecule has 5 heteroatoms. The molecule has 0 fully saturated rings. The van der Waals surface area contributed by atoms with Gasteiger partial charge in [0.1, 0.15) is 0 Å². The standard InChI is InChI=1S/C16H23NO3S/c1-11(2)21-13-7-5-12(6-8-13)14(18)17-10-9-16(3,4)15(19)20/h5-8,11H,9-10H2,1-4H3,(H,17,18)(H,19,20). The van der Waals surface area contributed by atoms with Crippen LogP contribution in [-0.4, -0.2) is 28.8 Å². The summed E-state index contributed by atoms with van der Waals surface area (Å²) in [6.45, 7) is 7.89. The van der Waals surface area contributed by atoms with E-state index in [4.69, 9.17) is 5.11 Å². The van der Waals surface area contributed by atoms with Gasteiger partial charge in [-0.25, -0.2) is 0 Å². The number of rotatable bonds is 7. The van der Waals surface area contributed by atoms with Crippen molar-refractivity contribution in [2.45, 2.75) is 44.3 Å². The lowest BCUT2D eigenvalue weighted by atomic mass is 9.90. The number of aliphatic carboxylic acids is 1. The molecule has 0 spiro atoms. The van der Waals surface area contributed by atoms with Crippen molar-refractivity contribution >= 4 is 23.6 Å². The molecule has 0 aliphatic rings. The van der Waals surface area contributed by atoms with E-state index in [1.165, 1.54) is 0 Å². The SMILES string of the molecule is CC(C)Sc1ccc(C(=O)NCCC(C)(C)C(=O)O)cc1.